The van der Waals surface area contributed by atoms with Crippen molar-refractivity contribution in [2.45, 2.75) is 36.8 Å². The molecule has 1 atom stereocenters. The Morgan fingerprint density at radius 2 is 2.25 bits per heavy atom. The Labute approximate surface area is 153 Å². The highest BCUT2D eigenvalue weighted by Gasteiger charge is 2.24. The summed E-state index contributed by atoms with van der Waals surface area (Å²) in [5.74, 6) is 2.63. The molecule has 0 radical (unpaired) electrons. The van der Waals surface area contributed by atoms with E-state index in [1.54, 1.807) is 12.1 Å². The van der Waals surface area contributed by atoms with Crippen LogP contribution >= 0.6 is 23.1 Å². The fourth-order valence-electron chi connectivity index (χ4n) is 2.45. The van der Waals surface area contributed by atoms with Gasteiger partial charge >= 0.3 is 0 Å². The van der Waals surface area contributed by atoms with Crippen molar-refractivity contribution in [3.63, 3.8) is 0 Å². The third-order valence-electron chi connectivity index (χ3n) is 3.77. The Hall–Kier alpha value is -0.770. The number of primary sulfonamides is 1. The minimum atomic E-state index is -3.63. The van der Waals surface area contributed by atoms with Gasteiger partial charge in [-0.15, -0.1) is 11.3 Å². The predicted molar refractivity (Wildman–Crippen MR) is 103 cm³/mol. The third kappa shape index (κ3) is 5.37. The Morgan fingerprint density at radius 1 is 1.50 bits per heavy atom. The van der Waals surface area contributed by atoms with Gasteiger partial charge in [0.1, 0.15) is 4.21 Å². The number of hydrogen-bond acceptors (Lipinski definition) is 5. The van der Waals surface area contributed by atoms with E-state index >= 15 is 0 Å². The standard InChI is InChI=1S/C15H26N4O2S3/c1-4-17-15(19-7-8-22-13(10-19)11(2)3)18-9-12-5-6-14(23-12)24(16,20)21/h5-6,11,13H,4,7-10H2,1-3H3,(H,17,18)(H2,16,20,21). The molecule has 136 valence electrons. The van der Waals surface area contributed by atoms with Crippen molar-refractivity contribution in [1.29, 1.82) is 0 Å². The first-order chi connectivity index (χ1) is 11.3. The molecule has 0 aliphatic carbocycles. The second kappa shape index (κ2) is 8.55. The zero-order chi connectivity index (χ0) is 17.7. The lowest BCUT2D eigenvalue weighted by Gasteiger charge is -2.36. The Balaban J connectivity index is 2.09. The Kier molecular flexibility index (Phi) is 6.97. The predicted octanol–water partition coefficient (Wildman–Crippen LogP) is 1.93. The van der Waals surface area contributed by atoms with E-state index in [1.165, 1.54) is 11.3 Å². The van der Waals surface area contributed by atoms with E-state index in [1.807, 2.05) is 11.8 Å². The summed E-state index contributed by atoms with van der Waals surface area (Å²) in [5, 5.41) is 9.12. The van der Waals surface area contributed by atoms with E-state index in [9.17, 15) is 8.42 Å². The van der Waals surface area contributed by atoms with Crippen LogP contribution in [0.2, 0.25) is 0 Å². The van der Waals surface area contributed by atoms with Gasteiger partial charge in [-0.2, -0.15) is 11.8 Å². The highest BCUT2D eigenvalue weighted by molar-refractivity contribution is 8.00. The molecule has 1 aromatic heterocycles. The van der Waals surface area contributed by atoms with Crippen molar-refractivity contribution < 1.29 is 8.42 Å². The summed E-state index contributed by atoms with van der Waals surface area (Å²) in [5.41, 5.74) is 0. The van der Waals surface area contributed by atoms with Crippen LogP contribution in [0.4, 0.5) is 0 Å². The minimum absolute atomic E-state index is 0.187. The topological polar surface area (TPSA) is 87.8 Å². The molecule has 2 heterocycles. The van der Waals surface area contributed by atoms with E-state index in [4.69, 9.17) is 10.1 Å². The molecule has 1 saturated heterocycles. The molecule has 0 saturated carbocycles. The van der Waals surface area contributed by atoms with Crippen LogP contribution in [0.3, 0.4) is 0 Å². The zero-order valence-electron chi connectivity index (χ0n) is 14.4. The van der Waals surface area contributed by atoms with E-state index < -0.39 is 10.0 Å². The number of thioether (sulfide) groups is 1. The Bertz CT molecular complexity index is 670. The summed E-state index contributed by atoms with van der Waals surface area (Å²) in [6.45, 7) is 9.80. The van der Waals surface area contributed by atoms with E-state index in [0.29, 0.717) is 17.7 Å². The molecule has 0 aromatic carbocycles. The summed E-state index contributed by atoms with van der Waals surface area (Å²) in [6.07, 6.45) is 0. The zero-order valence-corrected chi connectivity index (χ0v) is 16.8. The molecule has 0 amide bonds. The summed E-state index contributed by atoms with van der Waals surface area (Å²) in [4.78, 5) is 7.89. The van der Waals surface area contributed by atoms with Gasteiger partial charge in [0.2, 0.25) is 10.0 Å². The monoisotopic (exact) mass is 390 g/mol. The van der Waals surface area contributed by atoms with Crippen molar-refractivity contribution in [2.24, 2.45) is 16.0 Å². The number of aliphatic imine (C=N–C) groups is 1. The highest BCUT2D eigenvalue weighted by atomic mass is 32.2. The molecule has 3 N–H and O–H groups in total. The van der Waals surface area contributed by atoms with Crippen LogP contribution in [-0.4, -0.2) is 49.9 Å². The number of nitrogens with zero attached hydrogens (tertiary/aromatic N) is 2. The molecule has 1 fully saturated rings. The molecule has 2 rings (SSSR count). The van der Waals surface area contributed by atoms with Crippen LogP contribution < -0.4 is 10.5 Å². The minimum Gasteiger partial charge on any atom is -0.357 e. The molecule has 9 heteroatoms. The van der Waals surface area contributed by atoms with Gasteiger partial charge in [0.15, 0.2) is 5.96 Å². The molecule has 1 aliphatic rings. The average molecular weight is 391 g/mol. The van der Waals surface area contributed by atoms with Crippen LogP contribution in [0.5, 0.6) is 0 Å². The van der Waals surface area contributed by atoms with Gasteiger partial charge in [-0.3, -0.25) is 0 Å². The molecule has 6 nitrogen and oxygen atoms in total. The number of nitrogens with two attached hydrogens (primary N) is 1. The molecule has 1 unspecified atom stereocenters. The molecule has 0 spiro atoms. The smallest absolute Gasteiger partial charge is 0.247 e. The van der Waals surface area contributed by atoms with Gasteiger partial charge in [0, 0.05) is 35.5 Å². The number of hydrogen-bond donors (Lipinski definition) is 2. The fraction of sp³-hybridized carbons (Fsp3) is 0.667. The second-order valence-electron chi connectivity index (χ2n) is 6.04. The summed E-state index contributed by atoms with van der Waals surface area (Å²) in [7, 11) is -3.63. The maximum Gasteiger partial charge on any atom is 0.247 e. The van der Waals surface area contributed by atoms with Crippen LogP contribution in [0, 0.1) is 5.92 Å². The van der Waals surface area contributed by atoms with Crippen LogP contribution in [-0.2, 0) is 16.6 Å². The number of guanidine groups is 1. The summed E-state index contributed by atoms with van der Waals surface area (Å²) >= 11 is 3.21. The molecule has 0 bridgehead atoms. The van der Waals surface area contributed by atoms with Crippen molar-refractivity contribution in [3.05, 3.63) is 17.0 Å². The number of nitrogens with one attached hydrogen (secondary N) is 1. The van der Waals surface area contributed by atoms with Gasteiger partial charge in [-0.05, 0) is 25.0 Å². The largest absolute Gasteiger partial charge is 0.357 e. The highest BCUT2D eigenvalue weighted by Crippen LogP contribution is 2.25. The van der Waals surface area contributed by atoms with Gasteiger partial charge < -0.3 is 10.2 Å². The van der Waals surface area contributed by atoms with Crippen LogP contribution in [0.1, 0.15) is 25.6 Å². The number of thiophene rings is 1. The van der Waals surface area contributed by atoms with Gasteiger partial charge in [-0.1, -0.05) is 13.8 Å². The third-order valence-corrected chi connectivity index (χ3v) is 7.82. The molecule has 24 heavy (non-hydrogen) atoms. The number of sulfonamides is 1. The van der Waals surface area contributed by atoms with Gasteiger partial charge in [0.25, 0.3) is 0 Å². The van der Waals surface area contributed by atoms with Crippen LogP contribution in [0.25, 0.3) is 0 Å². The van der Waals surface area contributed by atoms with Crippen molar-refractivity contribution in [2.75, 3.05) is 25.4 Å². The summed E-state index contributed by atoms with van der Waals surface area (Å²) in [6, 6.07) is 3.32. The average Bonchev–Trinajstić information content (AvgIpc) is 3.00. The first-order valence-electron chi connectivity index (χ1n) is 8.07. The van der Waals surface area contributed by atoms with E-state index in [-0.39, 0.29) is 4.21 Å². The quantitative estimate of drug-likeness (QED) is 0.592. The first kappa shape index (κ1) is 19.6. The van der Waals surface area contributed by atoms with Gasteiger partial charge in [0.05, 0.1) is 6.54 Å². The van der Waals surface area contributed by atoms with Crippen molar-refractivity contribution in [1.82, 2.24) is 10.2 Å². The first-order valence-corrected chi connectivity index (χ1v) is 11.5. The number of rotatable bonds is 5. The Morgan fingerprint density at radius 3 is 2.83 bits per heavy atom. The van der Waals surface area contributed by atoms with E-state index in [2.05, 4.69) is 31.0 Å². The second-order valence-corrected chi connectivity index (χ2v) is 10.3. The maximum absolute atomic E-state index is 11.4. The lowest BCUT2D eigenvalue weighted by Crippen LogP contribution is -2.49. The summed E-state index contributed by atoms with van der Waals surface area (Å²) < 4.78 is 22.9. The van der Waals surface area contributed by atoms with Crippen molar-refractivity contribution in [3.8, 4) is 0 Å². The lowest BCUT2D eigenvalue weighted by atomic mass is 10.1. The van der Waals surface area contributed by atoms with Crippen LogP contribution in [0.15, 0.2) is 21.3 Å². The molecule has 1 aliphatic heterocycles. The molecular weight excluding hydrogens is 364 g/mol. The molecular formula is C15H26N4O2S3. The fourth-order valence-corrected chi connectivity index (χ4v) is 5.45. The SMILES string of the molecule is CCNC(=NCc1ccc(S(N)(=O)=O)s1)N1CCSC(C(C)C)C1. The maximum atomic E-state index is 11.4. The lowest BCUT2D eigenvalue weighted by molar-refractivity contribution is 0.381. The van der Waals surface area contributed by atoms with E-state index in [0.717, 1.165) is 36.2 Å². The molecule has 1 aromatic rings. The van der Waals surface area contributed by atoms with Crippen molar-refractivity contribution >= 4 is 39.1 Å². The normalized spacial score (nSPS) is 19.8. The van der Waals surface area contributed by atoms with Gasteiger partial charge in [-0.25, -0.2) is 18.5 Å².